The maximum Gasteiger partial charge on any atom is 0.0359 e. The molecule has 0 saturated heterocycles. The van der Waals surface area contributed by atoms with E-state index in [-0.39, 0.29) is 0 Å². The molecule has 1 aliphatic rings. The maximum absolute atomic E-state index is 3.74. The fraction of sp³-hybridized carbons (Fsp3) is 0.684. The van der Waals surface area contributed by atoms with Crippen molar-refractivity contribution < 1.29 is 0 Å². The van der Waals surface area contributed by atoms with E-state index in [1.54, 1.807) is 0 Å². The average Bonchev–Trinajstić information content (AvgIpc) is 2.78. The number of hydrogen-bond acceptors (Lipinski definition) is 1. The van der Waals surface area contributed by atoms with Gasteiger partial charge in [0, 0.05) is 6.04 Å². The maximum atomic E-state index is 3.74. The van der Waals surface area contributed by atoms with Crippen LogP contribution in [0, 0.1) is 16.7 Å². The summed E-state index contributed by atoms with van der Waals surface area (Å²) in [5.41, 5.74) is 3.78. The molecule has 0 spiro atoms. The second-order valence-electron chi connectivity index (χ2n) is 7.45. The van der Waals surface area contributed by atoms with Gasteiger partial charge in [-0.3, -0.25) is 0 Å². The Morgan fingerprint density at radius 1 is 1.10 bits per heavy atom. The van der Waals surface area contributed by atoms with Crippen LogP contribution in [-0.2, 0) is 6.42 Å². The fourth-order valence-electron chi connectivity index (χ4n) is 3.96. The first-order valence-corrected chi connectivity index (χ1v) is 8.18. The molecule has 1 unspecified atom stereocenters. The standard InChI is InChI=1S/C19H31N/c1-7-10-14-11-9-12-15(13-14)16(20-8-2)17-18(3,4)19(17,5)6/h9,11-13,16-17,20H,7-8,10H2,1-6H3. The predicted molar refractivity (Wildman–Crippen MR) is 87.9 cm³/mol. The zero-order chi connectivity index (χ0) is 15.0. The number of benzene rings is 1. The molecule has 1 aromatic carbocycles. The Morgan fingerprint density at radius 3 is 2.25 bits per heavy atom. The summed E-state index contributed by atoms with van der Waals surface area (Å²) in [5.74, 6) is 0.715. The number of nitrogens with one attached hydrogen (secondary N) is 1. The van der Waals surface area contributed by atoms with E-state index in [9.17, 15) is 0 Å². The first-order chi connectivity index (χ1) is 9.36. The monoisotopic (exact) mass is 273 g/mol. The van der Waals surface area contributed by atoms with Gasteiger partial charge in [-0.25, -0.2) is 0 Å². The molecular weight excluding hydrogens is 242 g/mol. The minimum Gasteiger partial charge on any atom is -0.310 e. The van der Waals surface area contributed by atoms with Crippen molar-refractivity contribution in [3.8, 4) is 0 Å². The summed E-state index contributed by atoms with van der Waals surface area (Å²) in [4.78, 5) is 0. The van der Waals surface area contributed by atoms with Gasteiger partial charge in [-0.1, -0.05) is 72.2 Å². The second-order valence-corrected chi connectivity index (χ2v) is 7.45. The number of hydrogen-bond donors (Lipinski definition) is 1. The van der Waals surface area contributed by atoms with Gasteiger partial charge >= 0.3 is 0 Å². The first-order valence-electron chi connectivity index (χ1n) is 8.18. The highest BCUT2D eigenvalue weighted by molar-refractivity contribution is 5.31. The molecule has 1 nitrogen and oxygen atoms in total. The van der Waals surface area contributed by atoms with E-state index in [1.807, 2.05) is 0 Å². The van der Waals surface area contributed by atoms with Crippen molar-refractivity contribution in [1.82, 2.24) is 5.32 Å². The van der Waals surface area contributed by atoms with Crippen molar-refractivity contribution in [2.24, 2.45) is 16.7 Å². The molecule has 1 aliphatic carbocycles. The smallest absolute Gasteiger partial charge is 0.0359 e. The van der Waals surface area contributed by atoms with E-state index >= 15 is 0 Å². The fourth-order valence-corrected chi connectivity index (χ4v) is 3.96. The van der Waals surface area contributed by atoms with Gasteiger partial charge in [0.05, 0.1) is 0 Å². The van der Waals surface area contributed by atoms with Gasteiger partial charge in [-0.05, 0) is 40.8 Å². The van der Waals surface area contributed by atoms with Crippen LogP contribution in [0.3, 0.4) is 0 Å². The van der Waals surface area contributed by atoms with Gasteiger partial charge in [-0.2, -0.15) is 0 Å². The van der Waals surface area contributed by atoms with Crippen molar-refractivity contribution in [2.75, 3.05) is 6.54 Å². The molecule has 1 N–H and O–H groups in total. The molecule has 0 bridgehead atoms. The van der Waals surface area contributed by atoms with E-state index in [0.29, 0.717) is 22.8 Å². The molecule has 1 atom stereocenters. The molecule has 0 aromatic heterocycles. The van der Waals surface area contributed by atoms with Crippen LogP contribution >= 0.6 is 0 Å². The van der Waals surface area contributed by atoms with Crippen LogP contribution in [0.2, 0.25) is 0 Å². The van der Waals surface area contributed by atoms with Crippen molar-refractivity contribution in [1.29, 1.82) is 0 Å². The lowest BCUT2D eigenvalue weighted by atomic mass is 9.94. The summed E-state index contributed by atoms with van der Waals surface area (Å²) < 4.78 is 0. The summed E-state index contributed by atoms with van der Waals surface area (Å²) in [5, 5.41) is 3.74. The minimum atomic E-state index is 0.417. The molecule has 1 aromatic rings. The average molecular weight is 273 g/mol. The van der Waals surface area contributed by atoms with Crippen molar-refractivity contribution >= 4 is 0 Å². The first kappa shape index (κ1) is 15.6. The number of rotatable bonds is 6. The van der Waals surface area contributed by atoms with Gasteiger partial charge in [0.15, 0.2) is 0 Å². The highest BCUT2D eigenvalue weighted by Gasteiger charge is 2.67. The van der Waals surface area contributed by atoms with Crippen LogP contribution in [0.1, 0.15) is 65.1 Å². The van der Waals surface area contributed by atoms with Crippen LogP contribution < -0.4 is 5.32 Å². The largest absolute Gasteiger partial charge is 0.310 e. The second kappa shape index (κ2) is 5.52. The lowest BCUT2D eigenvalue weighted by Crippen LogP contribution is -2.25. The van der Waals surface area contributed by atoms with Crippen LogP contribution in [0.15, 0.2) is 24.3 Å². The lowest BCUT2D eigenvalue weighted by Gasteiger charge is -2.21. The van der Waals surface area contributed by atoms with E-state index < -0.39 is 0 Å². The Labute approximate surface area is 125 Å². The Hall–Kier alpha value is -0.820. The van der Waals surface area contributed by atoms with Gasteiger partial charge in [-0.15, -0.1) is 0 Å². The third-order valence-corrected chi connectivity index (χ3v) is 5.74. The van der Waals surface area contributed by atoms with E-state index in [1.165, 1.54) is 24.0 Å². The van der Waals surface area contributed by atoms with Gasteiger partial charge in [0.1, 0.15) is 0 Å². The normalized spacial score (nSPS) is 21.7. The number of aryl methyl sites for hydroxylation is 1. The summed E-state index contributed by atoms with van der Waals surface area (Å²) in [6.07, 6.45) is 2.40. The van der Waals surface area contributed by atoms with E-state index in [2.05, 4.69) is 71.1 Å². The summed E-state index contributed by atoms with van der Waals surface area (Å²) in [6.45, 7) is 15.2. The highest BCUT2D eigenvalue weighted by Crippen LogP contribution is 2.72. The molecule has 0 aliphatic heterocycles. The quantitative estimate of drug-likeness (QED) is 0.771. The Morgan fingerprint density at radius 2 is 1.75 bits per heavy atom. The van der Waals surface area contributed by atoms with Crippen molar-refractivity contribution in [3.63, 3.8) is 0 Å². The van der Waals surface area contributed by atoms with Crippen molar-refractivity contribution in [3.05, 3.63) is 35.4 Å². The molecule has 0 radical (unpaired) electrons. The zero-order valence-electron chi connectivity index (χ0n) is 14.1. The van der Waals surface area contributed by atoms with Crippen LogP contribution in [-0.4, -0.2) is 6.54 Å². The highest BCUT2D eigenvalue weighted by atomic mass is 15.0. The van der Waals surface area contributed by atoms with Gasteiger partial charge < -0.3 is 5.32 Å². The van der Waals surface area contributed by atoms with E-state index in [0.717, 1.165) is 6.54 Å². The van der Waals surface area contributed by atoms with E-state index in [4.69, 9.17) is 0 Å². The molecule has 0 heterocycles. The third kappa shape index (κ3) is 2.53. The molecule has 1 heteroatoms. The van der Waals surface area contributed by atoms with Crippen LogP contribution in [0.25, 0.3) is 0 Å². The van der Waals surface area contributed by atoms with Gasteiger partial charge in [0.2, 0.25) is 0 Å². The molecule has 112 valence electrons. The molecule has 20 heavy (non-hydrogen) atoms. The Kier molecular flexibility index (Phi) is 4.30. The van der Waals surface area contributed by atoms with Gasteiger partial charge in [0.25, 0.3) is 0 Å². The predicted octanol–water partition coefficient (Wildman–Crippen LogP) is 4.97. The zero-order valence-corrected chi connectivity index (χ0v) is 14.1. The van der Waals surface area contributed by atoms with Crippen molar-refractivity contribution in [2.45, 2.75) is 60.4 Å². The molecule has 1 fully saturated rings. The molecular formula is C19H31N. The van der Waals surface area contributed by atoms with Crippen LogP contribution in [0.5, 0.6) is 0 Å². The summed E-state index contributed by atoms with van der Waals surface area (Å²) in [7, 11) is 0. The third-order valence-electron chi connectivity index (χ3n) is 5.74. The molecule has 0 amide bonds. The van der Waals surface area contributed by atoms with Crippen LogP contribution in [0.4, 0.5) is 0 Å². The summed E-state index contributed by atoms with van der Waals surface area (Å²) in [6, 6.07) is 9.70. The minimum absolute atomic E-state index is 0.417. The summed E-state index contributed by atoms with van der Waals surface area (Å²) >= 11 is 0. The Balaban J connectivity index is 2.28. The SMILES string of the molecule is CCCc1cccc(C(NCC)C2C(C)(C)C2(C)C)c1. The molecule has 2 rings (SSSR count). The Bertz CT molecular complexity index is 445. The topological polar surface area (TPSA) is 12.0 Å². The lowest BCUT2D eigenvalue weighted by molar-refractivity contribution is 0.418. The molecule has 1 saturated carbocycles.